The number of anilines is 1. The topological polar surface area (TPSA) is 72.3 Å². The summed E-state index contributed by atoms with van der Waals surface area (Å²) in [4.78, 5) is 25.5. The third kappa shape index (κ3) is 6.18. The van der Waals surface area contributed by atoms with Gasteiger partial charge in [0.05, 0.1) is 17.5 Å². The molecule has 1 aliphatic rings. The summed E-state index contributed by atoms with van der Waals surface area (Å²) in [5.41, 5.74) is 4.38. The molecule has 0 saturated carbocycles. The van der Waals surface area contributed by atoms with Crippen LogP contribution in [-0.4, -0.2) is 61.2 Å². The van der Waals surface area contributed by atoms with Crippen molar-refractivity contribution in [3.05, 3.63) is 42.2 Å². The van der Waals surface area contributed by atoms with Crippen LogP contribution in [0.5, 0.6) is 0 Å². The predicted molar refractivity (Wildman–Crippen MR) is 146 cm³/mol. The highest BCUT2D eigenvalue weighted by Gasteiger charge is 2.28. The molecule has 0 unspecified atom stereocenters. The molecule has 7 nitrogen and oxygen atoms in total. The number of Topliss-reactive ketones (excluding diaryl/α,β-unsaturated/α-hetero) is 1. The minimum Gasteiger partial charge on any atom is -0.369 e. The largest absolute Gasteiger partial charge is 0.369 e. The second kappa shape index (κ2) is 10.2. The van der Waals surface area contributed by atoms with Crippen LogP contribution in [0, 0.1) is 5.41 Å². The van der Waals surface area contributed by atoms with Crippen molar-refractivity contribution in [3.8, 4) is 11.3 Å². The van der Waals surface area contributed by atoms with Crippen molar-refractivity contribution in [3.63, 3.8) is 0 Å². The van der Waals surface area contributed by atoms with Crippen LogP contribution in [0.3, 0.4) is 0 Å². The highest BCUT2D eigenvalue weighted by atomic mass is 28.3. The van der Waals surface area contributed by atoms with Gasteiger partial charge in [-0.2, -0.15) is 0 Å². The molecule has 0 aliphatic carbocycles. The lowest BCUT2D eigenvalue weighted by molar-refractivity contribution is 0.0849. The molecule has 35 heavy (non-hydrogen) atoms. The van der Waals surface area contributed by atoms with E-state index in [4.69, 9.17) is 14.7 Å². The molecular formula is C27H39N5O2Si. The number of nitrogens with zero attached hydrogens (tertiary/aromatic N) is 4. The molecule has 1 fully saturated rings. The first-order valence-electron chi connectivity index (χ1n) is 12.6. The van der Waals surface area contributed by atoms with Gasteiger partial charge in [-0.05, 0) is 18.2 Å². The molecule has 0 bridgehead atoms. The van der Waals surface area contributed by atoms with E-state index in [0.717, 1.165) is 43.5 Å². The summed E-state index contributed by atoms with van der Waals surface area (Å²) in [5.74, 6) is 0.0596. The van der Waals surface area contributed by atoms with E-state index in [2.05, 4.69) is 54.1 Å². The number of benzene rings is 1. The van der Waals surface area contributed by atoms with Crippen LogP contribution in [-0.2, 0) is 11.5 Å². The molecule has 188 valence electrons. The number of rotatable bonds is 8. The maximum Gasteiger partial charge on any atom is 0.171 e. The summed E-state index contributed by atoms with van der Waals surface area (Å²) in [6, 6.07) is 9.53. The average Bonchev–Trinajstić information content (AvgIpc) is 3.18. The molecule has 1 aliphatic heterocycles. The predicted octanol–water partition coefficient (Wildman–Crippen LogP) is 5.05. The number of aromatic nitrogens is 3. The maximum atomic E-state index is 13.3. The molecule has 2 aromatic heterocycles. The van der Waals surface area contributed by atoms with E-state index in [9.17, 15) is 4.79 Å². The monoisotopic (exact) mass is 493 g/mol. The summed E-state index contributed by atoms with van der Waals surface area (Å²) in [5, 5.41) is 3.40. The van der Waals surface area contributed by atoms with Gasteiger partial charge in [-0.3, -0.25) is 4.79 Å². The fraction of sp³-hybridized carbons (Fsp3) is 0.519. The van der Waals surface area contributed by atoms with Gasteiger partial charge in [0, 0.05) is 63.7 Å². The van der Waals surface area contributed by atoms with Crippen LogP contribution >= 0.6 is 0 Å². The number of nitrogens with one attached hydrogen (secondary N) is 1. The molecule has 0 spiro atoms. The van der Waals surface area contributed by atoms with Crippen LogP contribution in [0.25, 0.3) is 22.4 Å². The van der Waals surface area contributed by atoms with Crippen molar-refractivity contribution in [2.45, 2.75) is 53.2 Å². The van der Waals surface area contributed by atoms with E-state index < -0.39 is 13.5 Å². The first-order valence-corrected chi connectivity index (χ1v) is 16.3. The molecule has 0 atom stereocenters. The zero-order valence-electron chi connectivity index (χ0n) is 22.0. The van der Waals surface area contributed by atoms with Crippen molar-refractivity contribution in [1.82, 2.24) is 19.9 Å². The van der Waals surface area contributed by atoms with Crippen LogP contribution in [0.2, 0.25) is 25.7 Å². The Labute approximate surface area is 209 Å². The molecular weight excluding hydrogens is 454 g/mol. The quantitative estimate of drug-likeness (QED) is 0.269. The van der Waals surface area contributed by atoms with Crippen molar-refractivity contribution < 1.29 is 9.53 Å². The minimum absolute atomic E-state index is 0.0596. The van der Waals surface area contributed by atoms with E-state index in [0.29, 0.717) is 30.1 Å². The van der Waals surface area contributed by atoms with Gasteiger partial charge >= 0.3 is 0 Å². The third-order valence-corrected chi connectivity index (χ3v) is 8.05. The first kappa shape index (κ1) is 25.5. The van der Waals surface area contributed by atoms with Crippen LogP contribution in [0.1, 0.15) is 31.1 Å². The van der Waals surface area contributed by atoms with Crippen LogP contribution in [0.4, 0.5) is 5.69 Å². The molecule has 8 heteroatoms. The van der Waals surface area contributed by atoms with Gasteiger partial charge in [-0.1, -0.05) is 52.5 Å². The fourth-order valence-electron chi connectivity index (χ4n) is 4.19. The minimum atomic E-state index is -1.17. The Bertz CT molecular complexity index is 1190. The molecule has 0 amide bonds. The molecule has 1 aromatic carbocycles. The van der Waals surface area contributed by atoms with Gasteiger partial charge in [0.1, 0.15) is 12.2 Å². The standard InChI is InChI=1S/C27H39N5O2Si/c1-27(2,3)25(33)22-18-32(19-34-14-15-35(4,5)6)26-24(22)30-23(17-29-26)20-8-7-9-21(16-20)31-12-10-28-11-13-31/h7-9,16-18,28H,10-15,19H2,1-6H3. The zero-order chi connectivity index (χ0) is 25.2. The number of piperazine rings is 1. The third-order valence-electron chi connectivity index (χ3n) is 6.34. The van der Waals surface area contributed by atoms with E-state index in [1.54, 1.807) is 0 Å². The number of carbonyl (C=O) groups excluding carboxylic acids is 1. The van der Waals surface area contributed by atoms with E-state index in [-0.39, 0.29) is 5.78 Å². The number of ether oxygens (including phenoxy) is 1. The summed E-state index contributed by atoms with van der Waals surface area (Å²) < 4.78 is 7.91. The Balaban J connectivity index is 1.68. The second-order valence-corrected chi connectivity index (χ2v) is 17.3. The van der Waals surface area contributed by atoms with Gasteiger partial charge in [-0.25, -0.2) is 9.97 Å². The first-order chi connectivity index (χ1) is 16.5. The van der Waals surface area contributed by atoms with Gasteiger partial charge in [0.25, 0.3) is 0 Å². The smallest absolute Gasteiger partial charge is 0.171 e. The van der Waals surface area contributed by atoms with Crippen molar-refractivity contribution in [2.75, 3.05) is 37.7 Å². The lowest BCUT2D eigenvalue weighted by Crippen LogP contribution is -2.43. The van der Waals surface area contributed by atoms with Crippen molar-refractivity contribution >= 4 is 30.7 Å². The Morgan fingerprint density at radius 2 is 1.91 bits per heavy atom. The normalized spacial score (nSPS) is 15.1. The second-order valence-electron chi connectivity index (χ2n) is 11.7. The average molecular weight is 494 g/mol. The Hall–Kier alpha value is -2.55. The molecule has 1 saturated heterocycles. The Kier molecular flexibility index (Phi) is 7.45. The highest BCUT2D eigenvalue weighted by Crippen LogP contribution is 2.30. The molecule has 0 radical (unpaired) electrons. The Morgan fingerprint density at radius 1 is 1.17 bits per heavy atom. The lowest BCUT2D eigenvalue weighted by Gasteiger charge is -2.29. The summed E-state index contributed by atoms with van der Waals surface area (Å²) >= 11 is 0. The Morgan fingerprint density at radius 3 is 2.60 bits per heavy atom. The van der Waals surface area contributed by atoms with E-state index >= 15 is 0 Å². The molecule has 3 heterocycles. The lowest BCUT2D eigenvalue weighted by atomic mass is 9.87. The maximum absolute atomic E-state index is 13.3. The van der Waals surface area contributed by atoms with Gasteiger partial charge in [0.2, 0.25) is 0 Å². The molecule has 3 aromatic rings. The number of hydrogen-bond acceptors (Lipinski definition) is 6. The van der Waals surface area contributed by atoms with Gasteiger partial charge in [-0.15, -0.1) is 0 Å². The highest BCUT2D eigenvalue weighted by molar-refractivity contribution is 6.76. The SMILES string of the molecule is CC(C)(C)C(=O)c1cn(COCC[Si](C)(C)C)c2ncc(-c3cccc(N4CCNCC4)c3)nc12. The number of carbonyl (C=O) groups is 1. The van der Waals surface area contributed by atoms with E-state index in [1.165, 1.54) is 5.69 Å². The summed E-state index contributed by atoms with van der Waals surface area (Å²) in [6.07, 6.45) is 3.68. The van der Waals surface area contributed by atoms with Crippen LogP contribution in [0.15, 0.2) is 36.7 Å². The number of fused-ring (bicyclic) bond motifs is 1. The van der Waals surface area contributed by atoms with Crippen molar-refractivity contribution in [1.29, 1.82) is 0 Å². The van der Waals surface area contributed by atoms with Crippen LogP contribution < -0.4 is 10.2 Å². The van der Waals surface area contributed by atoms with Crippen molar-refractivity contribution in [2.24, 2.45) is 5.41 Å². The zero-order valence-corrected chi connectivity index (χ0v) is 23.0. The molecule has 4 rings (SSSR count). The fourth-order valence-corrected chi connectivity index (χ4v) is 4.94. The van der Waals surface area contributed by atoms with E-state index in [1.807, 2.05) is 37.7 Å². The number of ketones is 1. The summed E-state index contributed by atoms with van der Waals surface area (Å²) in [6.45, 7) is 17.9. The number of hydrogen-bond donors (Lipinski definition) is 1. The summed E-state index contributed by atoms with van der Waals surface area (Å²) in [7, 11) is -1.17. The van der Waals surface area contributed by atoms with Gasteiger partial charge < -0.3 is 19.5 Å². The molecule has 1 N–H and O–H groups in total. The van der Waals surface area contributed by atoms with Gasteiger partial charge in [0.15, 0.2) is 11.4 Å².